The molecule has 0 aromatic heterocycles. The van der Waals surface area contributed by atoms with Crippen LogP contribution in [-0.4, -0.2) is 12.2 Å². The summed E-state index contributed by atoms with van der Waals surface area (Å²) in [4.78, 5) is 0. The van der Waals surface area contributed by atoms with Crippen LogP contribution in [0.2, 0.25) is 0 Å². The van der Waals surface area contributed by atoms with Gasteiger partial charge in [-0.2, -0.15) is 0 Å². The van der Waals surface area contributed by atoms with Crippen LogP contribution in [0.1, 0.15) is 65.7 Å². The van der Waals surface area contributed by atoms with Gasteiger partial charge in [0.05, 0.1) is 5.60 Å². The molecule has 2 fully saturated rings. The molecular formula is C13H26O. The Morgan fingerprint density at radius 3 is 2.14 bits per heavy atom. The molecule has 0 radical (unpaired) electrons. The first-order valence-corrected chi connectivity index (χ1v) is 6.45. The van der Waals surface area contributed by atoms with Crippen LogP contribution < -0.4 is 0 Å². The molecule has 1 heteroatoms. The molecule has 1 spiro atoms. The van der Waals surface area contributed by atoms with E-state index in [1.54, 1.807) is 0 Å². The van der Waals surface area contributed by atoms with Crippen molar-refractivity contribution in [1.29, 1.82) is 0 Å². The van der Waals surface area contributed by atoms with Crippen LogP contribution in [0.3, 0.4) is 0 Å². The molecule has 0 unspecified atom stereocenters. The molecule has 0 aromatic rings. The first kappa shape index (κ1) is 12.0. The monoisotopic (exact) mass is 198 g/mol. The molecule has 0 aromatic carbocycles. The molecule has 14 heavy (non-hydrogen) atoms. The Bertz CT molecular complexity index is 137. The SMILES string of the molecule is CC.C[C@@H]1CCC2(CCCCC2)OC1. The molecule has 0 N–H and O–H groups in total. The summed E-state index contributed by atoms with van der Waals surface area (Å²) in [6.45, 7) is 7.32. The highest BCUT2D eigenvalue weighted by molar-refractivity contribution is 4.87. The van der Waals surface area contributed by atoms with E-state index in [-0.39, 0.29) is 0 Å². The molecule has 1 aliphatic heterocycles. The zero-order chi connectivity index (χ0) is 10.4. The number of hydrogen-bond acceptors (Lipinski definition) is 1. The predicted octanol–water partition coefficient (Wildman–Crippen LogP) is 4.16. The van der Waals surface area contributed by atoms with E-state index in [0.29, 0.717) is 5.60 Å². The Hall–Kier alpha value is -0.0400. The zero-order valence-electron chi connectivity index (χ0n) is 10.1. The molecule has 1 saturated heterocycles. The van der Waals surface area contributed by atoms with E-state index in [1.807, 2.05) is 13.8 Å². The van der Waals surface area contributed by atoms with Gasteiger partial charge in [-0.25, -0.2) is 0 Å². The number of hydrogen-bond donors (Lipinski definition) is 0. The first-order valence-electron chi connectivity index (χ1n) is 6.45. The first-order chi connectivity index (χ1) is 6.81. The van der Waals surface area contributed by atoms with E-state index in [4.69, 9.17) is 4.74 Å². The van der Waals surface area contributed by atoms with Crippen molar-refractivity contribution in [3.8, 4) is 0 Å². The molecule has 2 aliphatic rings. The van der Waals surface area contributed by atoms with E-state index in [1.165, 1.54) is 44.9 Å². The van der Waals surface area contributed by atoms with Gasteiger partial charge in [0.2, 0.25) is 0 Å². The quantitative estimate of drug-likeness (QED) is 0.568. The zero-order valence-corrected chi connectivity index (χ0v) is 10.1. The Morgan fingerprint density at radius 2 is 1.64 bits per heavy atom. The minimum absolute atomic E-state index is 0.338. The van der Waals surface area contributed by atoms with Crippen molar-refractivity contribution in [3.05, 3.63) is 0 Å². The summed E-state index contributed by atoms with van der Waals surface area (Å²) >= 11 is 0. The van der Waals surface area contributed by atoms with Crippen LogP contribution in [0.5, 0.6) is 0 Å². The normalized spacial score (nSPS) is 30.6. The second-order valence-corrected chi connectivity index (χ2v) is 4.70. The molecule has 1 nitrogen and oxygen atoms in total. The fourth-order valence-electron chi connectivity index (χ4n) is 2.57. The maximum Gasteiger partial charge on any atom is 0.0682 e. The standard InChI is InChI=1S/C11H20O.C2H6/c1-10-5-8-11(12-9-10)6-3-2-4-7-11;1-2/h10H,2-9H2,1H3;1-2H3/t10-;/m1./s1. The molecule has 2 rings (SSSR count). The minimum Gasteiger partial charge on any atom is -0.375 e. The van der Waals surface area contributed by atoms with Gasteiger partial charge in [0.25, 0.3) is 0 Å². The highest BCUT2D eigenvalue weighted by Crippen LogP contribution is 2.39. The summed E-state index contributed by atoms with van der Waals surface area (Å²) in [7, 11) is 0. The summed E-state index contributed by atoms with van der Waals surface area (Å²) in [6.07, 6.45) is 9.61. The topological polar surface area (TPSA) is 9.23 Å². The summed E-state index contributed by atoms with van der Waals surface area (Å²) < 4.78 is 6.02. The second-order valence-electron chi connectivity index (χ2n) is 4.70. The molecule has 0 amide bonds. The van der Waals surface area contributed by atoms with E-state index in [0.717, 1.165) is 12.5 Å². The predicted molar refractivity (Wildman–Crippen MR) is 61.5 cm³/mol. The molecule has 1 saturated carbocycles. The Balaban J connectivity index is 0.000000461. The average Bonchev–Trinajstić information content (AvgIpc) is 2.27. The smallest absolute Gasteiger partial charge is 0.0682 e. The van der Waals surface area contributed by atoms with Crippen molar-refractivity contribution in [3.63, 3.8) is 0 Å². The van der Waals surface area contributed by atoms with Gasteiger partial charge in [-0.3, -0.25) is 0 Å². The third kappa shape index (κ3) is 2.98. The molecule has 0 bridgehead atoms. The Morgan fingerprint density at radius 1 is 1.00 bits per heavy atom. The van der Waals surface area contributed by atoms with Crippen LogP contribution in [0, 0.1) is 5.92 Å². The molecule has 84 valence electrons. The maximum absolute atomic E-state index is 6.02. The molecule has 1 heterocycles. The van der Waals surface area contributed by atoms with Crippen LogP contribution in [-0.2, 0) is 4.74 Å². The summed E-state index contributed by atoms with van der Waals surface area (Å²) in [5.74, 6) is 0.803. The lowest BCUT2D eigenvalue weighted by atomic mass is 9.78. The van der Waals surface area contributed by atoms with Crippen LogP contribution in [0.25, 0.3) is 0 Å². The van der Waals surface area contributed by atoms with Gasteiger partial charge in [-0.15, -0.1) is 0 Å². The van der Waals surface area contributed by atoms with Crippen molar-refractivity contribution in [2.75, 3.05) is 6.61 Å². The summed E-state index contributed by atoms with van der Waals surface area (Å²) in [6, 6.07) is 0. The van der Waals surface area contributed by atoms with Gasteiger partial charge in [-0.05, 0) is 31.6 Å². The van der Waals surface area contributed by atoms with Gasteiger partial charge in [0, 0.05) is 6.61 Å². The lowest BCUT2D eigenvalue weighted by Gasteiger charge is -2.42. The molecule has 1 aliphatic carbocycles. The van der Waals surface area contributed by atoms with Gasteiger partial charge >= 0.3 is 0 Å². The number of ether oxygens (including phenoxy) is 1. The van der Waals surface area contributed by atoms with E-state index >= 15 is 0 Å². The van der Waals surface area contributed by atoms with Crippen molar-refractivity contribution in [1.82, 2.24) is 0 Å². The molecular weight excluding hydrogens is 172 g/mol. The highest BCUT2D eigenvalue weighted by Gasteiger charge is 2.35. The van der Waals surface area contributed by atoms with E-state index in [2.05, 4.69) is 6.92 Å². The third-order valence-corrected chi connectivity index (χ3v) is 3.53. The van der Waals surface area contributed by atoms with Crippen molar-refractivity contribution in [2.45, 2.75) is 71.3 Å². The van der Waals surface area contributed by atoms with Gasteiger partial charge in [-0.1, -0.05) is 40.0 Å². The second kappa shape index (κ2) is 5.75. The fourth-order valence-corrected chi connectivity index (χ4v) is 2.57. The third-order valence-electron chi connectivity index (χ3n) is 3.53. The molecule has 1 atom stereocenters. The Kier molecular flexibility index (Phi) is 4.94. The Labute approximate surface area is 89.2 Å². The van der Waals surface area contributed by atoms with E-state index < -0.39 is 0 Å². The number of rotatable bonds is 0. The average molecular weight is 198 g/mol. The maximum atomic E-state index is 6.02. The highest BCUT2D eigenvalue weighted by atomic mass is 16.5. The van der Waals surface area contributed by atoms with Crippen molar-refractivity contribution in [2.24, 2.45) is 5.92 Å². The van der Waals surface area contributed by atoms with Gasteiger partial charge < -0.3 is 4.74 Å². The largest absolute Gasteiger partial charge is 0.375 e. The lowest BCUT2D eigenvalue weighted by molar-refractivity contribution is -0.116. The summed E-state index contributed by atoms with van der Waals surface area (Å²) in [5, 5.41) is 0. The van der Waals surface area contributed by atoms with Gasteiger partial charge in [0.1, 0.15) is 0 Å². The fraction of sp³-hybridized carbons (Fsp3) is 1.00. The van der Waals surface area contributed by atoms with E-state index in [9.17, 15) is 0 Å². The lowest BCUT2D eigenvalue weighted by Crippen LogP contribution is -2.40. The van der Waals surface area contributed by atoms with Crippen LogP contribution in [0.4, 0.5) is 0 Å². The minimum atomic E-state index is 0.338. The van der Waals surface area contributed by atoms with Gasteiger partial charge in [0.15, 0.2) is 0 Å². The van der Waals surface area contributed by atoms with Crippen LogP contribution in [0.15, 0.2) is 0 Å². The summed E-state index contributed by atoms with van der Waals surface area (Å²) in [5.41, 5.74) is 0.338. The van der Waals surface area contributed by atoms with Crippen molar-refractivity contribution < 1.29 is 4.74 Å². The van der Waals surface area contributed by atoms with Crippen LogP contribution >= 0.6 is 0 Å². The van der Waals surface area contributed by atoms with Crippen molar-refractivity contribution >= 4 is 0 Å².